The molecule has 0 saturated carbocycles. The summed E-state index contributed by atoms with van der Waals surface area (Å²) in [6.45, 7) is 1.77. The van der Waals surface area contributed by atoms with Crippen LogP contribution in [0.2, 0.25) is 0 Å². The molecule has 0 aliphatic rings. The number of fused-ring (bicyclic) bond motifs is 1. The molecule has 0 aliphatic carbocycles. The van der Waals surface area contributed by atoms with E-state index in [4.69, 9.17) is 0 Å². The maximum atomic E-state index is 12.9. The van der Waals surface area contributed by atoms with Crippen molar-refractivity contribution in [1.29, 1.82) is 0 Å². The van der Waals surface area contributed by atoms with Crippen molar-refractivity contribution in [2.45, 2.75) is 24.2 Å². The Morgan fingerprint density at radius 3 is 2.15 bits per heavy atom. The molecule has 0 bridgehead atoms. The zero-order valence-corrected chi connectivity index (χ0v) is 14.0. The molecule has 0 amide bonds. The zero-order chi connectivity index (χ0) is 19.1. The van der Waals surface area contributed by atoms with Crippen molar-refractivity contribution in [3.63, 3.8) is 0 Å². The number of hydrogen-bond donors (Lipinski definition) is 1. The average Bonchev–Trinajstić information content (AvgIpc) is 2.96. The Hall–Kier alpha value is -2.23. The van der Waals surface area contributed by atoms with E-state index >= 15 is 0 Å². The molecule has 0 aliphatic heterocycles. The molecule has 3 rings (SSSR count). The second kappa shape index (κ2) is 6.49. The largest absolute Gasteiger partial charge is 0.417 e. The lowest BCUT2D eigenvalue weighted by molar-refractivity contribution is -0.138. The lowest BCUT2D eigenvalue weighted by Crippen LogP contribution is -2.06. The van der Waals surface area contributed by atoms with E-state index in [1.165, 1.54) is 6.07 Å². The van der Waals surface area contributed by atoms with Crippen LogP contribution in [0.1, 0.15) is 18.1 Å². The zero-order valence-electron chi connectivity index (χ0n) is 13.2. The summed E-state index contributed by atoms with van der Waals surface area (Å²) >= 11 is 1.16. The summed E-state index contributed by atoms with van der Waals surface area (Å²) in [5, 5.41) is 0. The van der Waals surface area contributed by atoms with Gasteiger partial charge in [-0.1, -0.05) is 6.92 Å². The first-order chi connectivity index (χ1) is 12.1. The van der Waals surface area contributed by atoms with Crippen LogP contribution in [0.5, 0.6) is 0 Å². The van der Waals surface area contributed by atoms with E-state index in [1.807, 2.05) is 0 Å². The summed E-state index contributed by atoms with van der Waals surface area (Å²) < 4.78 is 77.0. The molecule has 0 atom stereocenters. The number of aromatic nitrogens is 3. The van der Waals surface area contributed by atoms with Crippen molar-refractivity contribution >= 4 is 22.8 Å². The van der Waals surface area contributed by atoms with E-state index in [1.54, 1.807) is 6.92 Å². The van der Waals surface area contributed by atoms with Gasteiger partial charge >= 0.3 is 12.4 Å². The predicted molar refractivity (Wildman–Crippen MR) is 85.7 cm³/mol. The number of aromatic amines is 1. The van der Waals surface area contributed by atoms with Gasteiger partial charge < -0.3 is 4.98 Å². The molecule has 138 valence electrons. The molecular formula is C16H11F6N3S. The number of hydrogen-bond acceptors (Lipinski definition) is 3. The van der Waals surface area contributed by atoms with Gasteiger partial charge in [0, 0.05) is 17.3 Å². The lowest BCUT2D eigenvalue weighted by Gasteiger charge is -2.11. The number of pyridine rings is 2. The van der Waals surface area contributed by atoms with E-state index in [0.717, 1.165) is 23.9 Å². The van der Waals surface area contributed by atoms with E-state index < -0.39 is 23.5 Å². The van der Waals surface area contributed by atoms with Crippen molar-refractivity contribution in [2.75, 3.05) is 5.75 Å². The highest BCUT2D eigenvalue weighted by atomic mass is 32.2. The van der Waals surface area contributed by atoms with Gasteiger partial charge in [0.15, 0.2) is 0 Å². The molecule has 3 nitrogen and oxygen atoms in total. The standard InChI is InChI=1S/C16H11F6N3S/c1-2-26-13-4-9(16(20,21)22)7-24-14(13)12-5-10-11(25-12)3-8(6-23-10)15(17,18)19/h3-7,25H,2H2,1H3. The first-order valence-electron chi connectivity index (χ1n) is 7.36. The van der Waals surface area contributed by atoms with Gasteiger partial charge in [-0.15, -0.1) is 11.8 Å². The highest BCUT2D eigenvalue weighted by molar-refractivity contribution is 7.99. The summed E-state index contributed by atoms with van der Waals surface area (Å²) in [5.74, 6) is 0.507. The van der Waals surface area contributed by atoms with Crippen LogP contribution in [-0.2, 0) is 12.4 Å². The third-order valence-electron chi connectivity index (χ3n) is 3.53. The SMILES string of the molecule is CCSc1cc(C(F)(F)F)cnc1-c1cc2ncc(C(F)(F)F)cc2[nH]1. The van der Waals surface area contributed by atoms with Crippen molar-refractivity contribution in [1.82, 2.24) is 15.0 Å². The topological polar surface area (TPSA) is 41.6 Å². The van der Waals surface area contributed by atoms with Crippen molar-refractivity contribution in [3.8, 4) is 11.4 Å². The average molecular weight is 391 g/mol. The summed E-state index contributed by atoms with van der Waals surface area (Å²) in [5.41, 5.74) is -0.869. The Morgan fingerprint density at radius 1 is 0.923 bits per heavy atom. The Balaban J connectivity index is 2.10. The number of nitrogens with zero attached hydrogens (tertiary/aromatic N) is 2. The van der Waals surface area contributed by atoms with E-state index in [2.05, 4.69) is 15.0 Å². The van der Waals surface area contributed by atoms with Crippen molar-refractivity contribution < 1.29 is 26.3 Å². The summed E-state index contributed by atoms with van der Waals surface area (Å²) in [4.78, 5) is 10.7. The van der Waals surface area contributed by atoms with Crippen LogP contribution in [0.3, 0.4) is 0 Å². The molecule has 0 radical (unpaired) electrons. The molecule has 0 saturated heterocycles. The Morgan fingerprint density at radius 2 is 1.54 bits per heavy atom. The minimum absolute atomic E-state index is 0.129. The number of alkyl halides is 6. The van der Waals surface area contributed by atoms with Crippen LogP contribution < -0.4 is 0 Å². The second-order valence-electron chi connectivity index (χ2n) is 5.34. The van der Waals surface area contributed by atoms with Gasteiger partial charge in [0.05, 0.1) is 27.9 Å². The molecule has 0 fully saturated rings. The Labute approximate surface area is 147 Å². The minimum atomic E-state index is -4.54. The first-order valence-corrected chi connectivity index (χ1v) is 8.34. The monoisotopic (exact) mass is 391 g/mol. The highest BCUT2D eigenvalue weighted by Gasteiger charge is 2.33. The molecule has 0 aromatic carbocycles. The number of halogens is 6. The molecule has 0 unspecified atom stereocenters. The molecule has 3 heterocycles. The van der Waals surface area contributed by atoms with Gasteiger partial charge in [-0.05, 0) is 24.0 Å². The number of rotatable bonds is 3. The number of nitrogens with one attached hydrogen (secondary N) is 1. The van der Waals surface area contributed by atoms with Crippen molar-refractivity contribution in [2.24, 2.45) is 0 Å². The Bertz CT molecular complexity index is 945. The van der Waals surface area contributed by atoms with Crippen LogP contribution in [0.15, 0.2) is 35.5 Å². The van der Waals surface area contributed by atoms with Crippen LogP contribution in [-0.4, -0.2) is 20.7 Å². The van der Waals surface area contributed by atoms with Crippen LogP contribution in [0.25, 0.3) is 22.4 Å². The third-order valence-corrected chi connectivity index (χ3v) is 4.44. The molecule has 0 spiro atoms. The summed E-state index contributed by atoms with van der Waals surface area (Å²) in [7, 11) is 0. The fourth-order valence-corrected chi connectivity index (χ4v) is 3.18. The second-order valence-corrected chi connectivity index (χ2v) is 6.64. The molecule has 10 heteroatoms. The van der Waals surface area contributed by atoms with E-state index in [0.29, 0.717) is 23.8 Å². The molecule has 26 heavy (non-hydrogen) atoms. The van der Waals surface area contributed by atoms with Gasteiger partial charge in [-0.25, -0.2) is 0 Å². The van der Waals surface area contributed by atoms with Gasteiger partial charge in [0.25, 0.3) is 0 Å². The van der Waals surface area contributed by atoms with Crippen molar-refractivity contribution in [3.05, 3.63) is 41.7 Å². The summed E-state index contributed by atoms with van der Waals surface area (Å²) in [6, 6.07) is 3.35. The first kappa shape index (κ1) is 18.6. The van der Waals surface area contributed by atoms with Gasteiger partial charge in [-0.2, -0.15) is 26.3 Å². The van der Waals surface area contributed by atoms with Crippen LogP contribution in [0, 0.1) is 0 Å². The van der Waals surface area contributed by atoms with E-state index in [-0.39, 0.29) is 21.6 Å². The highest BCUT2D eigenvalue weighted by Crippen LogP contribution is 2.37. The van der Waals surface area contributed by atoms with E-state index in [9.17, 15) is 26.3 Å². The van der Waals surface area contributed by atoms with Gasteiger partial charge in [-0.3, -0.25) is 9.97 Å². The fraction of sp³-hybridized carbons (Fsp3) is 0.250. The molecular weight excluding hydrogens is 380 g/mol. The summed E-state index contributed by atoms with van der Waals surface area (Å²) in [6.07, 6.45) is -7.66. The minimum Gasteiger partial charge on any atom is -0.352 e. The smallest absolute Gasteiger partial charge is 0.352 e. The maximum absolute atomic E-state index is 12.9. The predicted octanol–water partition coefficient (Wildman–Crippen LogP) is 5.77. The quantitative estimate of drug-likeness (QED) is 0.455. The molecule has 3 aromatic heterocycles. The Kier molecular flexibility index (Phi) is 4.63. The lowest BCUT2D eigenvalue weighted by atomic mass is 10.2. The normalized spacial score (nSPS) is 12.7. The van der Waals surface area contributed by atoms with Crippen LogP contribution in [0.4, 0.5) is 26.3 Å². The number of thioether (sulfide) groups is 1. The molecule has 3 aromatic rings. The molecule has 1 N–H and O–H groups in total. The van der Waals surface area contributed by atoms with Crippen LogP contribution >= 0.6 is 11.8 Å². The van der Waals surface area contributed by atoms with Gasteiger partial charge in [0.2, 0.25) is 0 Å². The fourth-order valence-electron chi connectivity index (χ4n) is 2.36. The maximum Gasteiger partial charge on any atom is 0.417 e. The van der Waals surface area contributed by atoms with Gasteiger partial charge in [0.1, 0.15) is 5.69 Å². The number of H-pyrrole nitrogens is 1. The third kappa shape index (κ3) is 3.64.